The van der Waals surface area contributed by atoms with Crippen molar-refractivity contribution < 1.29 is 0 Å². The smallest absolute Gasteiger partial charge is 0.0602 e. The highest BCUT2D eigenvalue weighted by Gasteiger charge is 2.14. The van der Waals surface area contributed by atoms with Crippen LogP contribution in [0.4, 0.5) is 11.4 Å². The normalized spacial score (nSPS) is 16.5. The van der Waals surface area contributed by atoms with E-state index in [9.17, 15) is 0 Å². The second-order valence-electron chi connectivity index (χ2n) is 3.70. The van der Waals surface area contributed by atoms with Gasteiger partial charge in [-0.05, 0) is 31.4 Å². The lowest BCUT2D eigenvalue weighted by Crippen LogP contribution is -2.19. The Balaban J connectivity index is 2.33. The molecule has 2 N–H and O–H groups in total. The Morgan fingerprint density at radius 3 is 2.62 bits per heavy atom. The van der Waals surface area contributed by atoms with E-state index >= 15 is 0 Å². The minimum Gasteiger partial charge on any atom is -0.397 e. The molecule has 0 amide bonds. The molecule has 0 spiro atoms. The first-order chi connectivity index (χ1) is 6.29. The quantitative estimate of drug-likeness (QED) is 0.664. The van der Waals surface area contributed by atoms with Gasteiger partial charge in [-0.3, -0.25) is 0 Å². The standard InChI is InChI=1S/C11H16N2/c1-9-5-4-6-10(11(9)12)13-7-2-3-8-13/h4-6H,2-3,7-8,12H2,1H3. The Morgan fingerprint density at radius 2 is 1.92 bits per heavy atom. The Bertz CT molecular complexity index is 301. The second-order valence-corrected chi connectivity index (χ2v) is 3.70. The van der Waals surface area contributed by atoms with Gasteiger partial charge in [0.25, 0.3) is 0 Å². The lowest BCUT2D eigenvalue weighted by Gasteiger charge is -2.20. The van der Waals surface area contributed by atoms with Crippen LogP contribution in [-0.4, -0.2) is 13.1 Å². The molecule has 2 rings (SSSR count). The van der Waals surface area contributed by atoms with E-state index in [1.165, 1.54) is 24.1 Å². The van der Waals surface area contributed by atoms with E-state index in [0.29, 0.717) is 0 Å². The third-order valence-electron chi connectivity index (χ3n) is 2.75. The predicted octanol–water partition coefficient (Wildman–Crippen LogP) is 2.18. The summed E-state index contributed by atoms with van der Waals surface area (Å²) < 4.78 is 0. The van der Waals surface area contributed by atoms with Crippen molar-refractivity contribution in [1.29, 1.82) is 0 Å². The van der Waals surface area contributed by atoms with E-state index in [-0.39, 0.29) is 0 Å². The summed E-state index contributed by atoms with van der Waals surface area (Å²) in [6.07, 6.45) is 2.60. The molecule has 1 heterocycles. The summed E-state index contributed by atoms with van der Waals surface area (Å²) in [6.45, 7) is 4.39. The molecule has 1 saturated heterocycles. The minimum atomic E-state index is 0.949. The van der Waals surface area contributed by atoms with Crippen LogP contribution < -0.4 is 10.6 Å². The van der Waals surface area contributed by atoms with Crippen LogP contribution in [0.25, 0.3) is 0 Å². The van der Waals surface area contributed by atoms with Gasteiger partial charge >= 0.3 is 0 Å². The largest absolute Gasteiger partial charge is 0.397 e. The van der Waals surface area contributed by atoms with Gasteiger partial charge in [-0.25, -0.2) is 0 Å². The summed E-state index contributed by atoms with van der Waals surface area (Å²) in [5.41, 5.74) is 9.37. The maximum Gasteiger partial charge on any atom is 0.0602 e. The number of hydrogen-bond acceptors (Lipinski definition) is 2. The van der Waals surface area contributed by atoms with Gasteiger partial charge in [-0.15, -0.1) is 0 Å². The van der Waals surface area contributed by atoms with Crippen molar-refractivity contribution in [3.63, 3.8) is 0 Å². The van der Waals surface area contributed by atoms with Crippen LogP contribution in [-0.2, 0) is 0 Å². The molecule has 0 bridgehead atoms. The first-order valence-electron chi connectivity index (χ1n) is 4.89. The van der Waals surface area contributed by atoms with Crippen molar-refractivity contribution in [1.82, 2.24) is 0 Å². The van der Waals surface area contributed by atoms with Gasteiger partial charge in [0.15, 0.2) is 0 Å². The van der Waals surface area contributed by atoms with Crippen molar-refractivity contribution in [2.45, 2.75) is 19.8 Å². The van der Waals surface area contributed by atoms with Crippen LogP contribution in [0.5, 0.6) is 0 Å². The van der Waals surface area contributed by atoms with E-state index in [1.54, 1.807) is 0 Å². The molecule has 13 heavy (non-hydrogen) atoms. The Morgan fingerprint density at radius 1 is 1.23 bits per heavy atom. The summed E-state index contributed by atoms with van der Waals surface area (Å²) >= 11 is 0. The van der Waals surface area contributed by atoms with Crippen molar-refractivity contribution >= 4 is 11.4 Å². The number of hydrogen-bond donors (Lipinski definition) is 1. The SMILES string of the molecule is Cc1cccc(N2CCCC2)c1N. The number of para-hydroxylation sites is 1. The van der Waals surface area contributed by atoms with Gasteiger partial charge in [-0.1, -0.05) is 12.1 Å². The van der Waals surface area contributed by atoms with Gasteiger partial charge in [0, 0.05) is 13.1 Å². The average molecular weight is 176 g/mol. The van der Waals surface area contributed by atoms with E-state index in [1.807, 2.05) is 0 Å². The molecule has 1 aliphatic heterocycles. The predicted molar refractivity (Wildman–Crippen MR) is 57.0 cm³/mol. The first-order valence-corrected chi connectivity index (χ1v) is 4.89. The molecule has 1 fully saturated rings. The number of aryl methyl sites for hydroxylation is 1. The molecule has 70 valence electrons. The third-order valence-corrected chi connectivity index (χ3v) is 2.75. The summed E-state index contributed by atoms with van der Waals surface area (Å²) in [4.78, 5) is 2.38. The number of nitrogens with zero attached hydrogens (tertiary/aromatic N) is 1. The van der Waals surface area contributed by atoms with Crippen LogP contribution in [0, 0.1) is 6.92 Å². The maximum absolute atomic E-state index is 6.02. The fourth-order valence-electron chi connectivity index (χ4n) is 1.90. The summed E-state index contributed by atoms with van der Waals surface area (Å²) in [7, 11) is 0. The lowest BCUT2D eigenvalue weighted by molar-refractivity contribution is 0.949. The molecule has 1 aromatic carbocycles. The molecule has 1 aliphatic rings. The zero-order valence-corrected chi connectivity index (χ0v) is 8.09. The number of benzene rings is 1. The molecule has 0 aromatic heterocycles. The monoisotopic (exact) mass is 176 g/mol. The molecule has 0 unspecified atom stereocenters. The summed E-state index contributed by atoms with van der Waals surface area (Å²) in [5, 5.41) is 0. The summed E-state index contributed by atoms with van der Waals surface area (Å²) in [5.74, 6) is 0. The third kappa shape index (κ3) is 1.48. The van der Waals surface area contributed by atoms with Gasteiger partial charge in [0.05, 0.1) is 11.4 Å². The lowest BCUT2D eigenvalue weighted by atomic mass is 10.1. The van der Waals surface area contributed by atoms with Gasteiger partial charge < -0.3 is 10.6 Å². The van der Waals surface area contributed by atoms with Crippen molar-refractivity contribution in [3.8, 4) is 0 Å². The number of anilines is 2. The highest BCUT2D eigenvalue weighted by atomic mass is 15.1. The average Bonchev–Trinajstić information content (AvgIpc) is 2.62. The van der Waals surface area contributed by atoms with Crippen LogP contribution >= 0.6 is 0 Å². The molecule has 0 aliphatic carbocycles. The van der Waals surface area contributed by atoms with Crippen LogP contribution in [0.3, 0.4) is 0 Å². The van der Waals surface area contributed by atoms with Gasteiger partial charge in [-0.2, -0.15) is 0 Å². The zero-order valence-electron chi connectivity index (χ0n) is 8.09. The highest BCUT2D eigenvalue weighted by Crippen LogP contribution is 2.28. The Labute approximate surface area is 79.4 Å². The molecule has 0 radical (unpaired) electrons. The Kier molecular flexibility index (Phi) is 2.13. The maximum atomic E-state index is 6.02. The molecule has 2 heteroatoms. The summed E-state index contributed by atoms with van der Waals surface area (Å²) in [6, 6.07) is 6.27. The van der Waals surface area contributed by atoms with Gasteiger partial charge in [0.1, 0.15) is 0 Å². The molecule has 1 aromatic rings. The minimum absolute atomic E-state index is 0.949. The molecule has 0 saturated carbocycles. The molecule has 2 nitrogen and oxygen atoms in total. The van der Waals surface area contributed by atoms with E-state index < -0.39 is 0 Å². The van der Waals surface area contributed by atoms with Crippen LogP contribution in [0.2, 0.25) is 0 Å². The van der Waals surface area contributed by atoms with E-state index in [2.05, 4.69) is 30.0 Å². The van der Waals surface area contributed by atoms with Crippen molar-refractivity contribution in [2.75, 3.05) is 23.7 Å². The second kappa shape index (κ2) is 3.29. The number of rotatable bonds is 1. The fourth-order valence-corrected chi connectivity index (χ4v) is 1.90. The molecule has 0 atom stereocenters. The highest BCUT2D eigenvalue weighted by molar-refractivity contribution is 5.71. The molecular formula is C11H16N2. The fraction of sp³-hybridized carbons (Fsp3) is 0.455. The Hall–Kier alpha value is -1.18. The van der Waals surface area contributed by atoms with Crippen molar-refractivity contribution in [2.24, 2.45) is 0 Å². The van der Waals surface area contributed by atoms with Crippen LogP contribution in [0.1, 0.15) is 18.4 Å². The topological polar surface area (TPSA) is 29.3 Å². The van der Waals surface area contributed by atoms with Gasteiger partial charge in [0.2, 0.25) is 0 Å². The first kappa shape index (κ1) is 8.42. The van der Waals surface area contributed by atoms with E-state index in [4.69, 9.17) is 5.73 Å². The van der Waals surface area contributed by atoms with E-state index in [0.717, 1.165) is 18.8 Å². The number of nitrogens with two attached hydrogens (primary N) is 1. The number of nitrogen functional groups attached to an aromatic ring is 1. The molecular weight excluding hydrogens is 160 g/mol. The van der Waals surface area contributed by atoms with Crippen LogP contribution in [0.15, 0.2) is 18.2 Å². The van der Waals surface area contributed by atoms with Crippen molar-refractivity contribution in [3.05, 3.63) is 23.8 Å². The zero-order chi connectivity index (χ0) is 9.26.